The highest BCUT2D eigenvalue weighted by atomic mass is 16.6. The molecule has 0 aromatic heterocycles. The van der Waals surface area contributed by atoms with Crippen molar-refractivity contribution in [2.75, 3.05) is 0 Å². The number of nitriles is 2. The molecule has 0 bridgehead atoms. The van der Waals surface area contributed by atoms with Crippen LogP contribution in [0.1, 0.15) is 11.1 Å². The molecule has 0 fully saturated rings. The predicted octanol–water partition coefficient (Wildman–Crippen LogP) is 3.13. The molecule has 0 unspecified atom stereocenters. The third-order valence-corrected chi connectivity index (χ3v) is 2.52. The minimum atomic E-state index is -0.520. The van der Waals surface area contributed by atoms with Crippen LogP contribution in [0.2, 0.25) is 0 Å². The van der Waals surface area contributed by atoms with E-state index >= 15 is 0 Å². The summed E-state index contributed by atoms with van der Waals surface area (Å²) in [6.07, 6.45) is 0. The number of hydrogen-bond donors (Lipinski definition) is 0. The lowest BCUT2D eigenvalue weighted by molar-refractivity contribution is -0.384. The van der Waals surface area contributed by atoms with Gasteiger partial charge in [-0.25, -0.2) is 0 Å². The summed E-state index contributed by atoms with van der Waals surface area (Å²) in [6, 6.07) is 13.9. The maximum atomic E-state index is 10.6. The monoisotopic (exact) mass is 265 g/mol. The first-order chi connectivity index (χ1) is 9.65. The number of nitro groups is 1. The lowest BCUT2D eigenvalue weighted by Crippen LogP contribution is -1.93. The van der Waals surface area contributed by atoms with Crippen molar-refractivity contribution in [3.05, 3.63) is 63.7 Å². The molecule has 0 saturated heterocycles. The summed E-state index contributed by atoms with van der Waals surface area (Å²) >= 11 is 0. The van der Waals surface area contributed by atoms with E-state index in [9.17, 15) is 10.1 Å². The number of hydrogen-bond acceptors (Lipinski definition) is 5. The lowest BCUT2D eigenvalue weighted by atomic mass is 10.1. The van der Waals surface area contributed by atoms with Crippen molar-refractivity contribution >= 4 is 5.69 Å². The van der Waals surface area contributed by atoms with E-state index in [1.54, 1.807) is 6.07 Å². The maximum absolute atomic E-state index is 10.6. The number of para-hydroxylation sites is 1. The van der Waals surface area contributed by atoms with Crippen molar-refractivity contribution in [3.63, 3.8) is 0 Å². The zero-order valence-corrected chi connectivity index (χ0v) is 10.1. The molecule has 0 aliphatic carbocycles. The van der Waals surface area contributed by atoms with E-state index in [-0.39, 0.29) is 22.6 Å². The fourth-order valence-electron chi connectivity index (χ4n) is 1.58. The molecule has 20 heavy (non-hydrogen) atoms. The molecule has 0 atom stereocenters. The smallest absolute Gasteiger partial charge is 0.269 e. The molecule has 0 N–H and O–H groups in total. The van der Waals surface area contributed by atoms with Gasteiger partial charge in [-0.1, -0.05) is 6.07 Å². The number of nitrogens with zero attached hydrogens (tertiary/aromatic N) is 3. The third-order valence-electron chi connectivity index (χ3n) is 2.52. The first kappa shape index (κ1) is 13.1. The van der Waals surface area contributed by atoms with Crippen LogP contribution in [-0.2, 0) is 0 Å². The SMILES string of the molecule is N#Cc1cccc(C#N)c1Oc1ccc([N+](=O)[O-])cc1. The predicted molar refractivity (Wildman–Crippen MR) is 69.0 cm³/mol. The standard InChI is InChI=1S/C14H7N3O3/c15-8-10-2-1-3-11(9-16)14(10)20-13-6-4-12(5-7-13)17(18)19/h1-7H. The third kappa shape index (κ3) is 2.55. The summed E-state index contributed by atoms with van der Waals surface area (Å²) in [6.45, 7) is 0. The molecule has 0 aliphatic heterocycles. The van der Waals surface area contributed by atoms with Crippen LogP contribution in [0.3, 0.4) is 0 Å². The Kier molecular flexibility index (Phi) is 3.60. The fourth-order valence-corrected chi connectivity index (χ4v) is 1.58. The van der Waals surface area contributed by atoms with Crippen LogP contribution in [0.4, 0.5) is 5.69 Å². The van der Waals surface area contributed by atoms with Crippen molar-refractivity contribution in [1.29, 1.82) is 10.5 Å². The number of non-ortho nitro benzene ring substituents is 1. The Hall–Kier alpha value is -3.38. The minimum absolute atomic E-state index is 0.0635. The van der Waals surface area contributed by atoms with Gasteiger partial charge in [-0.05, 0) is 24.3 Å². The molecule has 96 valence electrons. The van der Waals surface area contributed by atoms with Gasteiger partial charge in [0.1, 0.15) is 17.9 Å². The zero-order valence-electron chi connectivity index (χ0n) is 10.1. The molecule has 0 spiro atoms. The molecule has 6 nitrogen and oxygen atoms in total. The first-order valence-corrected chi connectivity index (χ1v) is 5.51. The Balaban J connectivity index is 2.38. The lowest BCUT2D eigenvalue weighted by Gasteiger charge is -2.08. The Morgan fingerprint density at radius 1 is 1.00 bits per heavy atom. The Labute approximate surface area is 114 Å². The average Bonchev–Trinajstić information content (AvgIpc) is 2.48. The van der Waals surface area contributed by atoms with Gasteiger partial charge in [0.15, 0.2) is 5.75 Å². The highest BCUT2D eigenvalue weighted by Crippen LogP contribution is 2.29. The Morgan fingerprint density at radius 3 is 2.00 bits per heavy atom. The van der Waals surface area contributed by atoms with Crippen LogP contribution in [0.15, 0.2) is 42.5 Å². The minimum Gasteiger partial charge on any atom is -0.455 e. The zero-order chi connectivity index (χ0) is 14.5. The summed E-state index contributed by atoms with van der Waals surface area (Å²) in [7, 11) is 0. The Bertz CT molecular complexity index is 707. The van der Waals surface area contributed by atoms with E-state index in [1.165, 1.54) is 36.4 Å². The number of nitro benzene ring substituents is 1. The van der Waals surface area contributed by atoms with Crippen LogP contribution in [-0.4, -0.2) is 4.92 Å². The van der Waals surface area contributed by atoms with Gasteiger partial charge >= 0.3 is 0 Å². The first-order valence-electron chi connectivity index (χ1n) is 5.51. The summed E-state index contributed by atoms with van der Waals surface area (Å²) in [5, 5.41) is 28.6. The molecule has 2 aromatic rings. The van der Waals surface area contributed by atoms with E-state index in [2.05, 4.69) is 0 Å². The fraction of sp³-hybridized carbons (Fsp3) is 0. The van der Waals surface area contributed by atoms with E-state index in [4.69, 9.17) is 15.3 Å². The molecular formula is C14H7N3O3. The van der Waals surface area contributed by atoms with Crippen LogP contribution in [0.5, 0.6) is 11.5 Å². The van der Waals surface area contributed by atoms with Gasteiger partial charge in [-0.2, -0.15) is 10.5 Å². The van der Waals surface area contributed by atoms with Crippen molar-refractivity contribution in [3.8, 4) is 23.6 Å². The molecule has 6 heteroatoms. The van der Waals surface area contributed by atoms with Crippen molar-refractivity contribution in [2.24, 2.45) is 0 Å². The van der Waals surface area contributed by atoms with Gasteiger partial charge in [0, 0.05) is 12.1 Å². The summed E-state index contributed by atoms with van der Waals surface area (Å²) in [4.78, 5) is 10.0. The normalized spacial score (nSPS) is 9.30. The highest BCUT2D eigenvalue weighted by molar-refractivity contribution is 5.55. The van der Waals surface area contributed by atoms with Crippen LogP contribution >= 0.6 is 0 Å². The number of benzene rings is 2. The molecule has 0 amide bonds. The van der Waals surface area contributed by atoms with Gasteiger partial charge in [-0.3, -0.25) is 10.1 Å². The van der Waals surface area contributed by atoms with Gasteiger partial charge < -0.3 is 4.74 Å². The summed E-state index contributed by atoms with van der Waals surface area (Å²) < 4.78 is 5.49. The summed E-state index contributed by atoms with van der Waals surface area (Å²) in [5.74, 6) is 0.459. The van der Waals surface area contributed by atoms with Crippen molar-refractivity contribution in [1.82, 2.24) is 0 Å². The molecular weight excluding hydrogens is 258 g/mol. The van der Waals surface area contributed by atoms with Gasteiger partial charge in [0.25, 0.3) is 5.69 Å². The van der Waals surface area contributed by atoms with Gasteiger partial charge in [-0.15, -0.1) is 0 Å². The van der Waals surface area contributed by atoms with E-state index in [1.807, 2.05) is 12.1 Å². The van der Waals surface area contributed by atoms with E-state index in [0.29, 0.717) is 5.75 Å². The van der Waals surface area contributed by atoms with Crippen LogP contribution < -0.4 is 4.74 Å². The van der Waals surface area contributed by atoms with E-state index < -0.39 is 4.92 Å². The summed E-state index contributed by atoms with van der Waals surface area (Å²) in [5.41, 5.74) is 0.385. The second-order valence-electron chi connectivity index (χ2n) is 3.76. The second-order valence-corrected chi connectivity index (χ2v) is 3.76. The maximum Gasteiger partial charge on any atom is 0.269 e. The largest absolute Gasteiger partial charge is 0.455 e. The molecule has 0 radical (unpaired) electrons. The average molecular weight is 265 g/mol. The van der Waals surface area contributed by atoms with Crippen molar-refractivity contribution < 1.29 is 9.66 Å². The number of ether oxygens (including phenoxy) is 1. The molecule has 0 heterocycles. The second kappa shape index (κ2) is 5.51. The molecule has 2 rings (SSSR count). The van der Waals surface area contributed by atoms with Gasteiger partial charge in [0.2, 0.25) is 0 Å². The molecule has 0 aliphatic rings. The Morgan fingerprint density at radius 2 is 1.55 bits per heavy atom. The topological polar surface area (TPSA) is 100.0 Å². The molecule has 2 aromatic carbocycles. The van der Waals surface area contributed by atoms with Crippen molar-refractivity contribution in [2.45, 2.75) is 0 Å². The number of rotatable bonds is 3. The quantitative estimate of drug-likeness (QED) is 0.626. The van der Waals surface area contributed by atoms with Gasteiger partial charge in [0.05, 0.1) is 16.1 Å². The van der Waals surface area contributed by atoms with E-state index in [0.717, 1.165) is 0 Å². The molecule has 0 saturated carbocycles. The van der Waals surface area contributed by atoms with Crippen LogP contribution in [0, 0.1) is 32.8 Å². The van der Waals surface area contributed by atoms with Crippen LogP contribution in [0.25, 0.3) is 0 Å². The highest BCUT2D eigenvalue weighted by Gasteiger charge is 2.11.